The van der Waals surface area contributed by atoms with Gasteiger partial charge in [0, 0.05) is 23.9 Å². The van der Waals surface area contributed by atoms with Crippen LogP contribution in [0, 0.1) is 0 Å². The fourth-order valence-electron chi connectivity index (χ4n) is 17.9. The van der Waals surface area contributed by atoms with Crippen LogP contribution in [0.15, 0.2) is 97.1 Å². The summed E-state index contributed by atoms with van der Waals surface area (Å²) in [7, 11) is -6.28. The summed E-state index contributed by atoms with van der Waals surface area (Å²) in [6.45, 7) is 38.7. The maximum atomic E-state index is 3.08. The lowest BCUT2D eigenvalue weighted by atomic mass is 9.85. The van der Waals surface area contributed by atoms with Crippen molar-refractivity contribution in [3.63, 3.8) is 0 Å². The van der Waals surface area contributed by atoms with Crippen molar-refractivity contribution in [2.24, 2.45) is 0 Å². The Hall–Kier alpha value is -2.33. The highest BCUT2D eigenvalue weighted by Crippen LogP contribution is 2.37. The van der Waals surface area contributed by atoms with Gasteiger partial charge < -0.3 is 9.80 Å². The van der Waals surface area contributed by atoms with Gasteiger partial charge in [-0.15, -0.1) is 0 Å². The fourth-order valence-corrected chi connectivity index (χ4v) is 39.3. The van der Waals surface area contributed by atoms with Gasteiger partial charge >= 0.3 is 0 Å². The van der Waals surface area contributed by atoms with Gasteiger partial charge in [0.1, 0.15) is 0 Å². The Balaban J connectivity index is 1.64. The minimum absolute atomic E-state index is 0.380. The average Bonchev–Trinajstić information content (AvgIpc) is 3.53. The van der Waals surface area contributed by atoms with Crippen LogP contribution in [0.5, 0.6) is 0 Å². The summed E-state index contributed by atoms with van der Waals surface area (Å²) in [4.78, 5) is 5.85. The summed E-state index contributed by atoms with van der Waals surface area (Å²) in [6.07, 6.45) is 23.4. The van der Waals surface area contributed by atoms with Gasteiger partial charge in [0.25, 0.3) is 0 Å². The predicted octanol–water partition coefficient (Wildman–Crippen LogP) is 20.9. The summed E-state index contributed by atoms with van der Waals surface area (Å²) < 4.78 is 0. The molecule has 0 aliphatic heterocycles. The van der Waals surface area contributed by atoms with Gasteiger partial charge in [0.15, 0.2) is 0 Å². The topological polar surface area (TPSA) is 6.48 Å². The molecule has 0 heterocycles. The molecule has 1 aliphatic rings. The molecule has 4 aromatic rings. The Bertz CT molecular complexity index is 1920. The molecule has 2 nitrogen and oxygen atoms in total. The zero-order valence-electron chi connectivity index (χ0n) is 56.5. The van der Waals surface area contributed by atoms with Gasteiger partial charge in [-0.05, 0) is 87.0 Å². The standard InChI is InChI=1S/C76H130N2Si4/c1-15-53-79(54-16-2,55-17-3)71-41-29-65(30-42-71)75(66-31-43-72(44-32-66)80(56-18-4,57-19-5)58-20-6)49-51-78(70-39-37-69(38-40-70)77(27-13)28-14)52-50-76(67-33-45-73(46-34-67)81(59-21-7,60-22-8)61-23-9)68-35-47-74(48-36-68)82(62-24-10,63-25-11)64-26-12/h29-36,41-48,69-70,75-76H,15-28,37-40,49-64H2,1-14H3. The van der Waals surface area contributed by atoms with E-state index in [1.54, 1.807) is 43.0 Å². The molecule has 5 rings (SSSR count). The van der Waals surface area contributed by atoms with E-state index >= 15 is 0 Å². The first kappa shape index (κ1) is 70.4. The lowest BCUT2D eigenvalue weighted by Gasteiger charge is -2.41. The second-order valence-corrected chi connectivity index (χ2v) is 45.6. The second kappa shape index (κ2) is 36.7. The molecule has 460 valence electrons. The quantitative estimate of drug-likeness (QED) is 0.0408. The molecule has 82 heavy (non-hydrogen) atoms. The SMILES string of the molecule is CCC[Si](CCC)(CCC)c1ccc(C(CCN(CCC(c2ccc([Si](CCC)(CCC)CCC)cc2)c2ccc([Si](CCC)(CCC)CCC)cc2)C2CCC(N(CC)CC)CC2)c2ccc([Si](CCC)(CCC)CCC)cc2)cc1. The van der Waals surface area contributed by atoms with Gasteiger partial charge in [-0.2, -0.15) is 0 Å². The molecule has 4 aromatic carbocycles. The van der Waals surface area contributed by atoms with Crippen molar-refractivity contribution >= 4 is 53.0 Å². The number of hydrogen-bond donors (Lipinski definition) is 0. The molecule has 1 aliphatic carbocycles. The molecule has 0 aromatic heterocycles. The first-order valence-corrected chi connectivity index (χ1v) is 46.3. The number of rotatable bonds is 42. The van der Waals surface area contributed by atoms with E-state index in [1.807, 2.05) is 0 Å². The lowest BCUT2D eigenvalue weighted by Crippen LogP contribution is -2.47. The summed E-state index contributed by atoms with van der Waals surface area (Å²) in [5, 5.41) is 6.92. The van der Waals surface area contributed by atoms with E-state index in [2.05, 4.69) is 204 Å². The summed E-state index contributed by atoms with van der Waals surface area (Å²) in [5.41, 5.74) is 6.20. The third kappa shape index (κ3) is 18.4. The molecule has 0 saturated heterocycles. The molecule has 0 atom stereocenters. The van der Waals surface area contributed by atoms with E-state index in [9.17, 15) is 0 Å². The second-order valence-electron chi connectivity index (χ2n) is 27.0. The Morgan fingerprint density at radius 1 is 0.280 bits per heavy atom. The molecule has 0 amide bonds. The molecule has 1 saturated carbocycles. The highest BCUT2D eigenvalue weighted by molar-refractivity contribution is 6.93. The van der Waals surface area contributed by atoms with E-state index < -0.39 is 32.3 Å². The van der Waals surface area contributed by atoms with Crippen LogP contribution in [0.3, 0.4) is 0 Å². The lowest BCUT2D eigenvalue weighted by molar-refractivity contribution is 0.0968. The van der Waals surface area contributed by atoms with Crippen molar-refractivity contribution in [3.8, 4) is 0 Å². The average molecular weight is 1180 g/mol. The molecule has 0 N–H and O–H groups in total. The van der Waals surface area contributed by atoms with E-state index in [1.165, 1.54) is 201 Å². The Morgan fingerprint density at radius 2 is 0.463 bits per heavy atom. The van der Waals surface area contributed by atoms with Crippen molar-refractivity contribution in [2.75, 3.05) is 26.2 Å². The summed E-state index contributed by atoms with van der Waals surface area (Å²) in [6, 6.07) is 60.9. The fraction of sp³-hybridized carbons (Fsp3) is 0.684. The molecular weight excluding hydrogens is 1050 g/mol. The molecule has 0 radical (unpaired) electrons. The van der Waals surface area contributed by atoms with Crippen molar-refractivity contribution in [2.45, 2.75) is 309 Å². The van der Waals surface area contributed by atoms with Crippen LogP contribution in [-0.4, -0.2) is 80.4 Å². The monoisotopic (exact) mass is 1180 g/mol. The van der Waals surface area contributed by atoms with Crippen molar-refractivity contribution in [1.82, 2.24) is 9.80 Å². The van der Waals surface area contributed by atoms with Gasteiger partial charge in [-0.1, -0.05) is 364 Å². The Kier molecular flexibility index (Phi) is 31.5. The van der Waals surface area contributed by atoms with E-state index in [0.717, 1.165) is 19.1 Å². The summed E-state index contributed by atoms with van der Waals surface area (Å²) >= 11 is 0. The third-order valence-corrected chi connectivity index (χ3v) is 45.1. The van der Waals surface area contributed by atoms with Gasteiger partial charge in [-0.25, -0.2) is 0 Å². The number of hydrogen-bond acceptors (Lipinski definition) is 2. The predicted molar refractivity (Wildman–Crippen MR) is 382 cm³/mol. The molecule has 6 heteroatoms. The minimum Gasteiger partial charge on any atom is -0.301 e. The van der Waals surface area contributed by atoms with Gasteiger partial charge in [-0.3, -0.25) is 0 Å². The zero-order chi connectivity index (χ0) is 59.4. The van der Waals surface area contributed by atoms with E-state index in [0.29, 0.717) is 17.9 Å². The van der Waals surface area contributed by atoms with Crippen LogP contribution in [0.25, 0.3) is 0 Å². The number of benzene rings is 4. The molecular formula is C76H130N2Si4. The van der Waals surface area contributed by atoms with E-state index in [-0.39, 0.29) is 0 Å². The van der Waals surface area contributed by atoms with Gasteiger partial charge in [0.05, 0.1) is 32.3 Å². The van der Waals surface area contributed by atoms with Crippen LogP contribution >= 0.6 is 0 Å². The van der Waals surface area contributed by atoms with Crippen molar-refractivity contribution in [3.05, 3.63) is 119 Å². The smallest absolute Gasteiger partial charge is 0.0866 e. The zero-order valence-corrected chi connectivity index (χ0v) is 60.5. The normalized spacial score (nSPS) is 15.7. The molecule has 0 unspecified atom stereocenters. The Labute approximate surface area is 514 Å². The third-order valence-electron chi connectivity index (χ3n) is 21.4. The first-order chi connectivity index (χ1) is 39.9. The van der Waals surface area contributed by atoms with Crippen LogP contribution in [0.4, 0.5) is 0 Å². The van der Waals surface area contributed by atoms with Crippen LogP contribution in [0.2, 0.25) is 72.5 Å². The largest absolute Gasteiger partial charge is 0.301 e. The summed E-state index contributed by atoms with van der Waals surface area (Å²) in [5.74, 6) is 0.760. The van der Waals surface area contributed by atoms with Crippen molar-refractivity contribution < 1.29 is 0 Å². The van der Waals surface area contributed by atoms with Crippen molar-refractivity contribution in [1.29, 1.82) is 0 Å². The Morgan fingerprint density at radius 3 is 0.634 bits per heavy atom. The highest BCUT2D eigenvalue weighted by Gasteiger charge is 2.37. The maximum Gasteiger partial charge on any atom is 0.0866 e. The molecule has 0 spiro atoms. The maximum absolute atomic E-state index is 3.08. The highest BCUT2D eigenvalue weighted by atomic mass is 28.3. The molecule has 0 bridgehead atoms. The first-order valence-electron chi connectivity index (χ1n) is 35.8. The van der Waals surface area contributed by atoms with Crippen LogP contribution in [0.1, 0.15) is 247 Å². The van der Waals surface area contributed by atoms with Gasteiger partial charge in [0.2, 0.25) is 0 Å². The van der Waals surface area contributed by atoms with Crippen LogP contribution < -0.4 is 20.7 Å². The minimum atomic E-state index is -1.57. The molecule has 1 fully saturated rings. The van der Waals surface area contributed by atoms with Crippen LogP contribution in [-0.2, 0) is 0 Å². The van der Waals surface area contributed by atoms with E-state index in [4.69, 9.17) is 0 Å². The number of nitrogens with zero attached hydrogens (tertiary/aromatic N) is 2.